The first-order valence-corrected chi connectivity index (χ1v) is 14.1. The van der Waals surface area contributed by atoms with Crippen molar-refractivity contribution in [1.29, 1.82) is 0 Å². The average Bonchev–Trinajstić information content (AvgIpc) is 3.57. The minimum absolute atomic E-state index is 0.0891. The molecule has 1 aliphatic carbocycles. The zero-order chi connectivity index (χ0) is 27.4. The number of aryl methyl sites for hydroxylation is 1. The van der Waals surface area contributed by atoms with Gasteiger partial charge in [0.1, 0.15) is 6.04 Å². The minimum Gasteiger partial charge on any atom is -0.480 e. The van der Waals surface area contributed by atoms with E-state index in [0.717, 1.165) is 35.3 Å². The number of carbonyl (C=O) groups excluding carboxylic acids is 2. The largest absolute Gasteiger partial charge is 0.480 e. The van der Waals surface area contributed by atoms with Gasteiger partial charge in [0.25, 0.3) is 10.0 Å². The third kappa shape index (κ3) is 7.15. The second kappa shape index (κ2) is 11.3. The van der Waals surface area contributed by atoms with Crippen molar-refractivity contribution in [3.63, 3.8) is 0 Å². The number of rotatable bonds is 10. The van der Waals surface area contributed by atoms with E-state index < -0.39 is 27.9 Å². The van der Waals surface area contributed by atoms with Crippen molar-refractivity contribution in [2.24, 2.45) is 0 Å². The summed E-state index contributed by atoms with van der Waals surface area (Å²) >= 11 is 0.748. The highest BCUT2D eigenvalue weighted by atomic mass is 32.2. The molecule has 1 aliphatic rings. The maximum absolute atomic E-state index is 12.9. The summed E-state index contributed by atoms with van der Waals surface area (Å²) in [5.74, 6) is -1.73. The van der Waals surface area contributed by atoms with Crippen molar-refractivity contribution in [2.45, 2.75) is 49.4 Å². The van der Waals surface area contributed by atoms with E-state index in [-0.39, 0.29) is 33.5 Å². The standard InChI is InChI=1S/C25H27N5O6S2/c1-14-23(37-25(26-14)27-15(2)31)38(35,36)30-21(22(32)33)12-16-6-8-17(9-7-16)18-4-3-5-20(13-18)29-24(34)28-19-10-11-19/h3-9,13,19,21,30H,10-12H2,1-2H3,(H,32,33)(H,26,27,31)(H2,28,29,34)/t21-/m0/s1. The van der Waals surface area contributed by atoms with Gasteiger partial charge in [-0.1, -0.05) is 47.7 Å². The molecule has 11 nitrogen and oxygen atoms in total. The van der Waals surface area contributed by atoms with Crippen molar-refractivity contribution < 1.29 is 27.9 Å². The number of urea groups is 1. The number of thiazole rings is 1. The van der Waals surface area contributed by atoms with E-state index in [1.54, 1.807) is 30.3 Å². The van der Waals surface area contributed by atoms with Crippen molar-refractivity contribution >= 4 is 50.1 Å². The number of hydrogen-bond donors (Lipinski definition) is 5. The fourth-order valence-corrected chi connectivity index (χ4v) is 6.35. The number of hydrogen-bond acceptors (Lipinski definition) is 7. The third-order valence-corrected chi connectivity index (χ3v) is 8.79. The molecule has 3 amide bonds. The van der Waals surface area contributed by atoms with Gasteiger partial charge in [-0.05, 0) is 55.0 Å². The third-order valence-electron chi connectivity index (χ3n) is 5.64. The van der Waals surface area contributed by atoms with Crippen LogP contribution in [0, 0.1) is 6.92 Å². The average molecular weight is 558 g/mol. The van der Waals surface area contributed by atoms with Gasteiger partial charge in [-0.2, -0.15) is 4.72 Å². The lowest BCUT2D eigenvalue weighted by Gasteiger charge is -2.15. The monoisotopic (exact) mass is 557 g/mol. The number of sulfonamides is 1. The molecule has 1 atom stereocenters. The van der Waals surface area contributed by atoms with E-state index in [2.05, 4.69) is 25.7 Å². The highest BCUT2D eigenvalue weighted by molar-refractivity contribution is 7.91. The number of carboxylic acid groups (broad SMARTS) is 1. The number of nitrogens with zero attached hydrogens (tertiary/aromatic N) is 1. The topological polar surface area (TPSA) is 167 Å². The number of nitrogens with one attached hydrogen (secondary N) is 4. The highest BCUT2D eigenvalue weighted by Gasteiger charge is 2.29. The van der Waals surface area contributed by atoms with E-state index in [1.165, 1.54) is 13.8 Å². The van der Waals surface area contributed by atoms with E-state index in [0.29, 0.717) is 11.3 Å². The zero-order valence-electron chi connectivity index (χ0n) is 20.6. The van der Waals surface area contributed by atoms with Crippen LogP contribution in [0.15, 0.2) is 52.7 Å². The first-order valence-electron chi connectivity index (χ1n) is 11.8. The number of carboxylic acids is 1. The Hall–Kier alpha value is -3.81. The van der Waals surface area contributed by atoms with Gasteiger partial charge in [0.05, 0.1) is 5.69 Å². The van der Waals surface area contributed by atoms with Gasteiger partial charge >= 0.3 is 12.0 Å². The molecule has 200 valence electrons. The van der Waals surface area contributed by atoms with Crippen molar-refractivity contribution in [3.05, 3.63) is 59.8 Å². The predicted octanol–water partition coefficient (Wildman–Crippen LogP) is 3.34. The molecule has 4 rings (SSSR count). The minimum atomic E-state index is -4.21. The second-order valence-corrected chi connectivity index (χ2v) is 11.8. The molecule has 38 heavy (non-hydrogen) atoms. The molecule has 0 bridgehead atoms. The van der Waals surface area contributed by atoms with E-state index in [4.69, 9.17) is 0 Å². The zero-order valence-corrected chi connectivity index (χ0v) is 22.3. The van der Waals surface area contributed by atoms with Gasteiger partial charge in [-0.25, -0.2) is 18.2 Å². The number of anilines is 2. The van der Waals surface area contributed by atoms with Crippen LogP contribution in [0.2, 0.25) is 0 Å². The highest BCUT2D eigenvalue weighted by Crippen LogP contribution is 2.28. The van der Waals surface area contributed by atoms with Crippen LogP contribution in [0.1, 0.15) is 31.0 Å². The first kappa shape index (κ1) is 27.2. The van der Waals surface area contributed by atoms with Crippen LogP contribution in [0.3, 0.4) is 0 Å². The molecule has 3 aromatic rings. The Labute approximate surface area is 223 Å². The molecule has 0 radical (unpaired) electrons. The summed E-state index contributed by atoms with van der Waals surface area (Å²) in [6, 6.07) is 13.0. The first-order chi connectivity index (χ1) is 18.0. The van der Waals surface area contributed by atoms with E-state index in [1.807, 2.05) is 18.2 Å². The normalized spacial score (nSPS) is 13.9. The molecule has 0 saturated heterocycles. The summed E-state index contributed by atoms with van der Waals surface area (Å²) in [5, 5.41) is 17.9. The lowest BCUT2D eigenvalue weighted by Crippen LogP contribution is -2.42. The Bertz CT molecular complexity index is 1470. The van der Waals surface area contributed by atoms with Crippen LogP contribution in [0.4, 0.5) is 15.6 Å². The number of amides is 3. The molecule has 0 spiro atoms. The quantitative estimate of drug-likeness (QED) is 0.255. The summed E-state index contributed by atoms with van der Waals surface area (Å²) in [6.45, 7) is 2.74. The Morgan fingerprint density at radius 1 is 1.08 bits per heavy atom. The Balaban J connectivity index is 1.44. The van der Waals surface area contributed by atoms with Gasteiger partial charge in [-0.3, -0.25) is 9.59 Å². The summed E-state index contributed by atoms with van der Waals surface area (Å²) in [4.78, 5) is 39.2. The smallest absolute Gasteiger partial charge is 0.322 e. The lowest BCUT2D eigenvalue weighted by molar-refractivity contribution is -0.138. The van der Waals surface area contributed by atoms with Crippen LogP contribution < -0.4 is 20.7 Å². The second-order valence-electron chi connectivity index (χ2n) is 8.94. The van der Waals surface area contributed by atoms with Gasteiger partial charge < -0.3 is 21.1 Å². The molecule has 1 heterocycles. The van der Waals surface area contributed by atoms with Gasteiger partial charge in [0.2, 0.25) is 5.91 Å². The summed E-state index contributed by atoms with van der Waals surface area (Å²) in [5.41, 5.74) is 3.11. The van der Waals surface area contributed by atoms with Crippen molar-refractivity contribution in [3.8, 4) is 11.1 Å². The molecular weight excluding hydrogens is 530 g/mol. The molecule has 0 aliphatic heterocycles. The summed E-state index contributed by atoms with van der Waals surface area (Å²) in [6.07, 6.45) is 1.90. The molecule has 1 fully saturated rings. The Kier molecular flexibility index (Phi) is 8.09. The van der Waals surface area contributed by atoms with Gasteiger partial charge in [0.15, 0.2) is 9.34 Å². The van der Waals surface area contributed by atoms with Crippen LogP contribution in [0.5, 0.6) is 0 Å². The maximum Gasteiger partial charge on any atom is 0.322 e. The Morgan fingerprint density at radius 2 is 1.79 bits per heavy atom. The molecule has 1 aromatic heterocycles. The number of aromatic nitrogens is 1. The van der Waals surface area contributed by atoms with E-state index >= 15 is 0 Å². The lowest BCUT2D eigenvalue weighted by atomic mass is 10.0. The molecule has 13 heteroatoms. The molecule has 0 unspecified atom stereocenters. The number of benzene rings is 2. The van der Waals surface area contributed by atoms with Crippen LogP contribution in [0.25, 0.3) is 11.1 Å². The Morgan fingerprint density at radius 3 is 2.42 bits per heavy atom. The molecular formula is C25H27N5O6S2. The van der Waals surface area contributed by atoms with Crippen LogP contribution in [-0.4, -0.2) is 48.5 Å². The molecule has 1 saturated carbocycles. The number of aliphatic carboxylic acids is 1. The van der Waals surface area contributed by atoms with Crippen LogP contribution >= 0.6 is 11.3 Å². The van der Waals surface area contributed by atoms with Crippen molar-refractivity contribution in [1.82, 2.24) is 15.0 Å². The van der Waals surface area contributed by atoms with Crippen LogP contribution in [-0.2, 0) is 26.0 Å². The van der Waals surface area contributed by atoms with Crippen molar-refractivity contribution in [2.75, 3.05) is 10.6 Å². The predicted molar refractivity (Wildman–Crippen MR) is 144 cm³/mol. The fraction of sp³-hybridized carbons (Fsp3) is 0.280. The number of carbonyl (C=O) groups is 3. The molecule has 2 aromatic carbocycles. The SMILES string of the molecule is CC(=O)Nc1nc(C)c(S(=O)(=O)N[C@@H](Cc2ccc(-c3cccc(NC(=O)NC4CC4)c3)cc2)C(=O)O)s1. The maximum atomic E-state index is 12.9. The molecule has 5 N–H and O–H groups in total. The van der Waals surface area contributed by atoms with Gasteiger partial charge in [0, 0.05) is 18.7 Å². The fourth-order valence-electron chi connectivity index (χ4n) is 3.68. The summed E-state index contributed by atoms with van der Waals surface area (Å²) in [7, 11) is -4.21. The van der Waals surface area contributed by atoms with Gasteiger partial charge in [-0.15, -0.1) is 0 Å². The summed E-state index contributed by atoms with van der Waals surface area (Å²) < 4.78 is 27.9. The van der Waals surface area contributed by atoms with E-state index in [9.17, 15) is 27.9 Å².